The van der Waals surface area contributed by atoms with Gasteiger partial charge in [-0.3, -0.25) is 0 Å². The summed E-state index contributed by atoms with van der Waals surface area (Å²) in [6, 6.07) is 5.08. The van der Waals surface area contributed by atoms with Gasteiger partial charge in [0.15, 0.2) is 0 Å². The normalized spacial score (nSPS) is 12.1. The first kappa shape index (κ1) is 9.51. The van der Waals surface area contributed by atoms with Crippen molar-refractivity contribution >= 4 is 32.5 Å². The topological polar surface area (TPSA) is 76.0 Å². The van der Waals surface area contributed by atoms with E-state index in [1.165, 1.54) is 6.20 Å². The molecule has 2 aromatic rings. The zero-order valence-electron chi connectivity index (χ0n) is 6.99. The predicted molar refractivity (Wildman–Crippen MR) is 54.7 cm³/mol. The summed E-state index contributed by atoms with van der Waals surface area (Å²) in [7, 11) is -3.72. The summed E-state index contributed by atoms with van der Waals surface area (Å²) >= 11 is 5.87. The fourth-order valence-electron chi connectivity index (χ4n) is 1.33. The molecule has 1 aromatic carbocycles. The molecule has 2 rings (SSSR count). The number of hydrogen-bond acceptors (Lipinski definition) is 2. The van der Waals surface area contributed by atoms with Crippen LogP contribution in [0.4, 0.5) is 0 Å². The number of hydrogen-bond donors (Lipinski definition) is 2. The van der Waals surface area contributed by atoms with Gasteiger partial charge in [-0.05, 0) is 12.1 Å². The van der Waals surface area contributed by atoms with Gasteiger partial charge in [0.2, 0.25) is 10.0 Å². The SMILES string of the molecule is NS(=O)(=O)c1c[nH]c2cccc(Cl)c12. The number of aromatic amines is 1. The molecule has 0 atom stereocenters. The third-order valence-corrected chi connectivity index (χ3v) is 3.18. The first-order valence-corrected chi connectivity index (χ1v) is 5.71. The van der Waals surface area contributed by atoms with Crippen LogP contribution in [0.15, 0.2) is 29.3 Å². The van der Waals surface area contributed by atoms with Gasteiger partial charge in [0.05, 0.1) is 5.02 Å². The molecule has 0 radical (unpaired) electrons. The average Bonchev–Trinajstić information content (AvgIpc) is 2.47. The van der Waals surface area contributed by atoms with Crippen molar-refractivity contribution < 1.29 is 8.42 Å². The third-order valence-electron chi connectivity index (χ3n) is 1.93. The molecule has 0 amide bonds. The lowest BCUT2D eigenvalue weighted by Crippen LogP contribution is -2.11. The van der Waals surface area contributed by atoms with E-state index in [2.05, 4.69) is 4.98 Å². The maximum Gasteiger partial charge on any atom is 0.240 e. The van der Waals surface area contributed by atoms with Crippen molar-refractivity contribution in [3.8, 4) is 0 Å². The second-order valence-electron chi connectivity index (χ2n) is 2.86. The van der Waals surface area contributed by atoms with Gasteiger partial charge in [-0.15, -0.1) is 0 Å². The van der Waals surface area contributed by atoms with Gasteiger partial charge in [-0.2, -0.15) is 0 Å². The molecule has 6 heteroatoms. The van der Waals surface area contributed by atoms with Crippen molar-refractivity contribution in [1.29, 1.82) is 0 Å². The first-order chi connectivity index (χ1) is 6.50. The third kappa shape index (κ3) is 1.39. The quantitative estimate of drug-likeness (QED) is 0.778. The maximum atomic E-state index is 11.2. The lowest BCUT2D eigenvalue weighted by molar-refractivity contribution is 0.598. The molecule has 0 unspecified atom stereocenters. The number of H-pyrrole nitrogens is 1. The summed E-state index contributed by atoms with van der Waals surface area (Å²) in [6.07, 6.45) is 1.34. The van der Waals surface area contributed by atoms with Crippen LogP contribution in [0, 0.1) is 0 Å². The summed E-state index contributed by atoms with van der Waals surface area (Å²) in [6.45, 7) is 0. The summed E-state index contributed by atoms with van der Waals surface area (Å²) in [5, 5.41) is 5.84. The van der Waals surface area contributed by atoms with Crippen LogP contribution in [-0.2, 0) is 10.0 Å². The average molecular weight is 231 g/mol. The fourth-order valence-corrected chi connectivity index (χ4v) is 2.39. The highest BCUT2D eigenvalue weighted by molar-refractivity contribution is 7.89. The van der Waals surface area contributed by atoms with Crippen LogP contribution in [0.1, 0.15) is 0 Å². The van der Waals surface area contributed by atoms with E-state index < -0.39 is 10.0 Å². The Kier molecular flexibility index (Phi) is 2.02. The highest BCUT2D eigenvalue weighted by Gasteiger charge is 2.15. The smallest absolute Gasteiger partial charge is 0.240 e. The molecule has 0 aliphatic rings. The van der Waals surface area contributed by atoms with Gasteiger partial charge in [-0.25, -0.2) is 13.6 Å². The molecular formula is C8H7ClN2O2S. The van der Waals surface area contributed by atoms with Gasteiger partial charge in [0.1, 0.15) is 4.90 Å². The van der Waals surface area contributed by atoms with E-state index in [-0.39, 0.29) is 4.90 Å². The Bertz CT molecular complexity index is 588. The lowest BCUT2D eigenvalue weighted by atomic mass is 10.2. The van der Waals surface area contributed by atoms with E-state index in [1.807, 2.05) is 0 Å². The molecule has 14 heavy (non-hydrogen) atoms. The van der Waals surface area contributed by atoms with Crippen LogP contribution < -0.4 is 5.14 Å². The maximum absolute atomic E-state index is 11.2. The van der Waals surface area contributed by atoms with Crippen LogP contribution >= 0.6 is 11.6 Å². The van der Waals surface area contributed by atoms with Crippen molar-refractivity contribution in [2.24, 2.45) is 5.14 Å². The van der Waals surface area contributed by atoms with Crippen LogP contribution in [0.5, 0.6) is 0 Å². The number of benzene rings is 1. The summed E-state index contributed by atoms with van der Waals surface area (Å²) in [4.78, 5) is 2.82. The molecule has 0 fully saturated rings. The minimum Gasteiger partial charge on any atom is -0.360 e. The second-order valence-corrected chi connectivity index (χ2v) is 4.80. The first-order valence-electron chi connectivity index (χ1n) is 3.78. The van der Waals surface area contributed by atoms with Gasteiger partial charge >= 0.3 is 0 Å². The van der Waals surface area contributed by atoms with Crippen molar-refractivity contribution in [2.75, 3.05) is 0 Å². The van der Waals surface area contributed by atoms with Crippen molar-refractivity contribution in [1.82, 2.24) is 4.98 Å². The monoisotopic (exact) mass is 230 g/mol. The molecule has 0 aliphatic heterocycles. The Morgan fingerprint density at radius 3 is 2.71 bits per heavy atom. The molecule has 3 N–H and O–H groups in total. The Labute approximate surface area is 85.7 Å². The number of rotatable bonds is 1. The highest BCUT2D eigenvalue weighted by atomic mass is 35.5. The molecule has 0 saturated heterocycles. The van der Waals surface area contributed by atoms with E-state index in [0.29, 0.717) is 15.9 Å². The highest BCUT2D eigenvalue weighted by Crippen LogP contribution is 2.28. The van der Waals surface area contributed by atoms with Gasteiger partial charge in [0, 0.05) is 17.1 Å². The number of primary sulfonamides is 1. The lowest BCUT2D eigenvalue weighted by Gasteiger charge is -1.97. The molecular weight excluding hydrogens is 224 g/mol. The molecule has 1 heterocycles. The van der Waals surface area contributed by atoms with Crippen LogP contribution in [0.25, 0.3) is 10.9 Å². The number of fused-ring (bicyclic) bond motifs is 1. The number of aromatic nitrogens is 1. The van der Waals surface area contributed by atoms with E-state index in [4.69, 9.17) is 16.7 Å². The van der Waals surface area contributed by atoms with E-state index >= 15 is 0 Å². The predicted octanol–water partition coefficient (Wildman–Crippen LogP) is 1.47. The number of nitrogens with one attached hydrogen (secondary N) is 1. The largest absolute Gasteiger partial charge is 0.360 e. The minimum atomic E-state index is -3.72. The number of sulfonamides is 1. The Balaban J connectivity index is 2.94. The molecule has 4 nitrogen and oxygen atoms in total. The molecule has 0 aliphatic carbocycles. The Morgan fingerprint density at radius 2 is 2.07 bits per heavy atom. The number of halogens is 1. The van der Waals surface area contributed by atoms with Gasteiger partial charge in [-0.1, -0.05) is 17.7 Å². The Hall–Kier alpha value is -1.04. The van der Waals surface area contributed by atoms with Crippen molar-refractivity contribution in [2.45, 2.75) is 4.90 Å². The van der Waals surface area contributed by atoms with E-state index in [0.717, 1.165) is 0 Å². The van der Waals surface area contributed by atoms with E-state index in [1.54, 1.807) is 18.2 Å². The summed E-state index contributed by atoms with van der Waals surface area (Å²) in [5.41, 5.74) is 0.654. The molecule has 1 aromatic heterocycles. The zero-order valence-corrected chi connectivity index (χ0v) is 8.56. The minimum absolute atomic E-state index is 0.0260. The van der Waals surface area contributed by atoms with E-state index in [9.17, 15) is 8.42 Å². The molecule has 0 bridgehead atoms. The van der Waals surface area contributed by atoms with Gasteiger partial charge in [0.25, 0.3) is 0 Å². The van der Waals surface area contributed by atoms with Crippen LogP contribution in [-0.4, -0.2) is 13.4 Å². The second kappa shape index (κ2) is 2.98. The number of nitrogens with two attached hydrogens (primary N) is 1. The van der Waals surface area contributed by atoms with Crippen molar-refractivity contribution in [3.05, 3.63) is 29.4 Å². The molecule has 0 spiro atoms. The van der Waals surface area contributed by atoms with Gasteiger partial charge < -0.3 is 4.98 Å². The standard InChI is InChI=1S/C8H7ClN2O2S/c9-5-2-1-3-6-8(5)7(4-11-6)14(10,12)13/h1-4,11H,(H2,10,12,13). The summed E-state index contributed by atoms with van der Waals surface area (Å²) in [5.74, 6) is 0. The van der Waals surface area contributed by atoms with Crippen molar-refractivity contribution in [3.63, 3.8) is 0 Å². The van der Waals surface area contributed by atoms with Crippen LogP contribution in [0.2, 0.25) is 5.02 Å². The fraction of sp³-hybridized carbons (Fsp3) is 0. The van der Waals surface area contributed by atoms with Crippen LogP contribution in [0.3, 0.4) is 0 Å². The zero-order chi connectivity index (χ0) is 10.3. The summed E-state index contributed by atoms with van der Waals surface area (Å²) < 4.78 is 22.3. The molecule has 74 valence electrons. The molecule has 0 saturated carbocycles. The Morgan fingerprint density at radius 1 is 1.36 bits per heavy atom.